The van der Waals surface area contributed by atoms with Gasteiger partial charge >= 0.3 is 0 Å². The van der Waals surface area contributed by atoms with Gasteiger partial charge in [0.2, 0.25) is 0 Å². The molecule has 0 aliphatic heterocycles. The highest BCUT2D eigenvalue weighted by Crippen LogP contribution is 2.29. The zero-order valence-electron chi connectivity index (χ0n) is 22.1. The summed E-state index contributed by atoms with van der Waals surface area (Å²) in [5.74, 6) is 2.97. The van der Waals surface area contributed by atoms with E-state index in [0.29, 0.717) is 25.3 Å². The minimum absolute atomic E-state index is 0.0107. The highest BCUT2D eigenvalue weighted by Gasteiger charge is 2.11. The third kappa shape index (κ3) is 7.38. The number of nitrogens with one attached hydrogen (secondary N) is 1. The van der Waals surface area contributed by atoms with Gasteiger partial charge in [0.05, 0.1) is 24.8 Å². The number of carbonyl (C=O) groups is 1. The number of hydrogen-bond donors (Lipinski definition) is 1. The molecule has 0 bridgehead atoms. The molecule has 1 heterocycles. The Hall–Kier alpha value is -4.26. The van der Waals surface area contributed by atoms with Crippen LogP contribution in [0, 0.1) is 0 Å². The Balaban J connectivity index is 1.28. The molecule has 0 spiro atoms. The summed E-state index contributed by atoms with van der Waals surface area (Å²) < 4.78 is 19.3. The van der Waals surface area contributed by atoms with E-state index < -0.39 is 0 Å². The number of hydrogen-bond acceptors (Lipinski definition) is 5. The fourth-order valence-electron chi connectivity index (χ4n) is 4.25. The molecule has 4 rings (SSSR count). The van der Waals surface area contributed by atoms with Crippen LogP contribution in [0.25, 0.3) is 17.1 Å². The van der Waals surface area contributed by atoms with Crippen LogP contribution in [0.15, 0.2) is 78.9 Å². The fourth-order valence-corrected chi connectivity index (χ4v) is 4.25. The molecule has 7 heteroatoms. The van der Waals surface area contributed by atoms with Gasteiger partial charge in [-0.05, 0) is 61.7 Å². The van der Waals surface area contributed by atoms with Crippen LogP contribution in [0.2, 0.25) is 0 Å². The third-order valence-corrected chi connectivity index (χ3v) is 6.10. The lowest BCUT2D eigenvalue weighted by Gasteiger charge is -2.13. The first-order valence-electron chi connectivity index (χ1n) is 13.0. The average Bonchev–Trinajstić information content (AvgIpc) is 3.30. The number of aryl methyl sites for hydroxylation is 1. The minimum atomic E-state index is -0.150. The van der Waals surface area contributed by atoms with E-state index >= 15 is 0 Å². The van der Waals surface area contributed by atoms with Gasteiger partial charge in [0.25, 0.3) is 5.91 Å². The van der Waals surface area contributed by atoms with Gasteiger partial charge in [0.15, 0.2) is 18.1 Å². The highest BCUT2D eigenvalue weighted by atomic mass is 16.5. The maximum Gasteiger partial charge on any atom is 0.257 e. The minimum Gasteiger partial charge on any atom is -0.493 e. The second-order valence-corrected chi connectivity index (χ2v) is 8.84. The zero-order valence-corrected chi connectivity index (χ0v) is 22.1. The van der Waals surface area contributed by atoms with Gasteiger partial charge in [0.1, 0.15) is 11.6 Å². The molecule has 3 aromatic carbocycles. The number of fused-ring (bicyclic) bond motifs is 1. The molecule has 0 aliphatic carbocycles. The van der Waals surface area contributed by atoms with Crippen LogP contribution in [-0.2, 0) is 17.8 Å². The summed E-state index contributed by atoms with van der Waals surface area (Å²) in [6.07, 6.45) is 6.49. The quantitative estimate of drug-likeness (QED) is 0.220. The van der Waals surface area contributed by atoms with Crippen LogP contribution in [0.5, 0.6) is 17.2 Å². The summed E-state index contributed by atoms with van der Waals surface area (Å²) >= 11 is 0. The Kier molecular flexibility index (Phi) is 9.79. The molecule has 1 N–H and O–H groups in total. The first kappa shape index (κ1) is 26.8. The van der Waals surface area contributed by atoms with Gasteiger partial charge in [-0.1, -0.05) is 48.6 Å². The van der Waals surface area contributed by atoms with Crippen molar-refractivity contribution in [1.29, 1.82) is 0 Å². The molecule has 1 aromatic heterocycles. The largest absolute Gasteiger partial charge is 0.493 e. The fraction of sp³-hybridized carbons (Fsp3) is 0.290. The van der Waals surface area contributed by atoms with Crippen LogP contribution >= 0.6 is 0 Å². The molecule has 0 atom stereocenters. The number of nitrogens with zero attached hydrogens (tertiary/aromatic N) is 2. The maximum absolute atomic E-state index is 12.2. The molecule has 0 fully saturated rings. The number of methoxy groups -OCH3 is 1. The first-order chi connectivity index (χ1) is 18.7. The molecule has 0 radical (unpaired) electrons. The lowest BCUT2D eigenvalue weighted by molar-refractivity contribution is -0.123. The number of para-hydroxylation sites is 3. The molecular formula is C31H35N3O4. The lowest BCUT2D eigenvalue weighted by atomic mass is 10.2. The Morgan fingerprint density at radius 3 is 2.61 bits per heavy atom. The number of carbonyl (C=O) groups excluding carboxylic acids is 1. The van der Waals surface area contributed by atoms with Crippen molar-refractivity contribution in [2.24, 2.45) is 0 Å². The number of ether oxygens (including phenoxy) is 3. The van der Waals surface area contributed by atoms with E-state index in [1.165, 1.54) is 0 Å². The van der Waals surface area contributed by atoms with Crippen LogP contribution in [0.4, 0.5) is 0 Å². The van der Waals surface area contributed by atoms with Crippen LogP contribution in [-0.4, -0.2) is 42.3 Å². The number of unbranched alkanes of at least 4 members (excludes halogenated alkanes) is 1. The number of amides is 1. The summed E-state index contributed by atoms with van der Waals surface area (Å²) in [4.78, 5) is 17.1. The normalized spacial score (nSPS) is 11.1. The Morgan fingerprint density at radius 1 is 0.974 bits per heavy atom. The summed E-state index contributed by atoms with van der Waals surface area (Å²) in [6.45, 7) is 3.89. The molecule has 1 amide bonds. The predicted octanol–water partition coefficient (Wildman–Crippen LogP) is 5.67. The molecule has 0 saturated heterocycles. The number of benzene rings is 3. The van der Waals surface area contributed by atoms with E-state index in [-0.39, 0.29) is 12.5 Å². The second-order valence-electron chi connectivity index (χ2n) is 8.84. The molecule has 4 aromatic rings. The standard InChI is InChI=1S/C31H35N3O4/c1-3-11-24-16-17-28(29(22-24)36-2)37-21-10-9-20-34-27-15-8-7-14-26(27)33-30(34)18-19-32-31(35)23-38-25-12-5-4-6-13-25/h3-8,11-17,22H,9-10,18-21,23H2,1-2H3,(H,32,35)/b11-3+. The summed E-state index contributed by atoms with van der Waals surface area (Å²) in [5.41, 5.74) is 3.14. The third-order valence-electron chi connectivity index (χ3n) is 6.10. The van der Waals surface area contributed by atoms with Crippen molar-refractivity contribution >= 4 is 23.0 Å². The lowest BCUT2D eigenvalue weighted by Crippen LogP contribution is -2.31. The zero-order chi connectivity index (χ0) is 26.6. The number of imidazole rings is 1. The molecule has 198 valence electrons. The summed E-state index contributed by atoms with van der Waals surface area (Å²) in [6, 6.07) is 23.4. The van der Waals surface area contributed by atoms with Gasteiger partial charge in [-0.2, -0.15) is 0 Å². The van der Waals surface area contributed by atoms with E-state index in [1.807, 2.05) is 85.8 Å². The van der Waals surface area contributed by atoms with Crippen molar-refractivity contribution in [3.8, 4) is 17.2 Å². The monoisotopic (exact) mass is 513 g/mol. The van der Waals surface area contributed by atoms with Crippen molar-refractivity contribution in [3.63, 3.8) is 0 Å². The second kappa shape index (κ2) is 13.9. The van der Waals surface area contributed by atoms with Gasteiger partial charge in [-0.3, -0.25) is 4.79 Å². The van der Waals surface area contributed by atoms with Crippen LogP contribution in [0.3, 0.4) is 0 Å². The smallest absolute Gasteiger partial charge is 0.257 e. The van der Waals surface area contributed by atoms with E-state index in [0.717, 1.165) is 53.3 Å². The van der Waals surface area contributed by atoms with E-state index in [9.17, 15) is 4.79 Å². The van der Waals surface area contributed by atoms with E-state index in [1.54, 1.807) is 7.11 Å². The number of rotatable bonds is 14. The van der Waals surface area contributed by atoms with Crippen molar-refractivity contribution in [2.45, 2.75) is 32.7 Å². The van der Waals surface area contributed by atoms with E-state index in [4.69, 9.17) is 19.2 Å². The van der Waals surface area contributed by atoms with Crippen molar-refractivity contribution in [1.82, 2.24) is 14.9 Å². The molecule has 0 unspecified atom stereocenters. The van der Waals surface area contributed by atoms with Gasteiger partial charge < -0.3 is 24.1 Å². The average molecular weight is 514 g/mol. The summed E-state index contributed by atoms with van der Waals surface area (Å²) in [7, 11) is 1.66. The van der Waals surface area contributed by atoms with Gasteiger partial charge in [0, 0.05) is 19.5 Å². The van der Waals surface area contributed by atoms with E-state index in [2.05, 4.69) is 16.0 Å². The molecule has 7 nitrogen and oxygen atoms in total. The molecule has 0 aliphatic rings. The molecular weight excluding hydrogens is 478 g/mol. The maximum atomic E-state index is 12.2. The van der Waals surface area contributed by atoms with Crippen molar-refractivity contribution in [2.75, 3.05) is 26.9 Å². The van der Waals surface area contributed by atoms with Crippen molar-refractivity contribution in [3.05, 3.63) is 90.3 Å². The molecule has 38 heavy (non-hydrogen) atoms. The topological polar surface area (TPSA) is 74.6 Å². The number of allylic oxidation sites excluding steroid dienone is 1. The number of aromatic nitrogens is 2. The highest BCUT2D eigenvalue weighted by molar-refractivity contribution is 5.77. The van der Waals surface area contributed by atoms with Crippen LogP contribution in [0.1, 0.15) is 31.2 Å². The summed E-state index contributed by atoms with van der Waals surface area (Å²) in [5, 5.41) is 2.94. The SMILES string of the molecule is C/C=C/c1ccc(OCCCCn2c(CCNC(=O)COc3ccccc3)nc3ccccc32)c(OC)c1. The molecule has 0 saturated carbocycles. The van der Waals surface area contributed by atoms with Gasteiger partial charge in [-0.15, -0.1) is 0 Å². The van der Waals surface area contributed by atoms with Crippen molar-refractivity contribution < 1.29 is 19.0 Å². The van der Waals surface area contributed by atoms with Crippen LogP contribution < -0.4 is 19.5 Å². The Labute approximate surface area is 224 Å². The Bertz CT molecular complexity index is 1350. The van der Waals surface area contributed by atoms with Gasteiger partial charge in [-0.25, -0.2) is 4.98 Å². The first-order valence-corrected chi connectivity index (χ1v) is 13.0. The predicted molar refractivity (Wildman–Crippen MR) is 151 cm³/mol. The Morgan fingerprint density at radius 2 is 1.79 bits per heavy atom.